The van der Waals surface area contributed by atoms with Crippen LogP contribution in [0.2, 0.25) is 0 Å². The first-order valence-electron chi connectivity index (χ1n) is 4.85. The number of carbonyl (C=O) groups is 1. The van der Waals surface area contributed by atoms with Crippen molar-refractivity contribution in [3.05, 3.63) is 17.3 Å². The summed E-state index contributed by atoms with van der Waals surface area (Å²) in [5.74, 6) is -1.01. The zero-order valence-electron chi connectivity index (χ0n) is 9.20. The van der Waals surface area contributed by atoms with Crippen LogP contribution in [0.5, 0.6) is 5.88 Å². The van der Waals surface area contributed by atoms with Crippen LogP contribution >= 0.6 is 11.3 Å². The molecule has 0 radical (unpaired) electrons. The maximum atomic E-state index is 12.4. The third-order valence-electron chi connectivity index (χ3n) is 2.20. The number of carbonyl (C=O) groups excluding carboxylic acids is 1. The molecule has 0 saturated heterocycles. The van der Waals surface area contributed by atoms with Crippen molar-refractivity contribution >= 4 is 22.6 Å². The predicted molar refractivity (Wildman–Crippen MR) is 55.0 cm³/mol. The van der Waals surface area contributed by atoms with Gasteiger partial charge in [-0.15, -0.1) is 11.3 Å². The van der Waals surface area contributed by atoms with Crippen molar-refractivity contribution in [2.24, 2.45) is 0 Å². The van der Waals surface area contributed by atoms with Gasteiger partial charge >= 0.3 is 12.4 Å². The second kappa shape index (κ2) is 4.65. The highest BCUT2D eigenvalue weighted by Gasteiger charge is 2.59. The van der Waals surface area contributed by atoms with Gasteiger partial charge in [0.15, 0.2) is 16.9 Å². The molecule has 20 heavy (non-hydrogen) atoms. The van der Waals surface area contributed by atoms with Gasteiger partial charge in [-0.05, 0) is 0 Å². The lowest BCUT2D eigenvalue weighted by molar-refractivity contribution is -0.300. The summed E-state index contributed by atoms with van der Waals surface area (Å²) in [6, 6.07) is 0. The molecule has 0 N–H and O–H groups in total. The number of fused-ring (bicyclic) bond motifs is 1. The third kappa shape index (κ3) is 2.57. The van der Waals surface area contributed by atoms with Gasteiger partial charge in [0.25, 0.3) is 6.10 Å². The zero-order valence-corrected chi connectivity index (χ0v) is 10.0. The number of hydrogen-bond donors (Lipinski definition) is 0. The Morgan fingerprint density at radius 1 is 1.25 bits per heavy atom. The zero-order chi connectivity index (χ0) is 15.1. The second-order valence-electron chi connectivity index (χ2n) is 3.56. The predicted octanol–water partition coefficient (Wildman–Crippen LogP) is 3.08. The van der Waals surface area contributed by atoms with Gasteiger partial charge in [-0.1, -0.05) is 0 Å². The lowest BCUT2D eigenvalue weighted by atomic mass is 10.3. The number of aldehydes is 1. The molecule has 11 heteroatoms. The molecule has 0 aliphatic heterocycles. The average molecular weight is 318 g/mol. The Morgan fingerprint density at radius 2 is 1.85 bits per heavy atom. The summed E-state index contributed by atoms with van der Waals surface area (Å²) in [6.45, 7) is 0. The minimum atomic E-state index is -5.67. The molecule has 0 aliphatic carbocycles. The fourth-order valence-electron chi connectivity index (χ4n) is 1.41. The molecular formula is C9H4F6N2O2S. The summed E-state index contributed by atoms with van der Waals surface area (Å²) >= 11 is 0.930. The molecule has 0 amide bonds. The molecule has 4 nitrogen and oxygen atoms in total. The number of aromatic nitrogens is 2. The molecule has 0 aliphatic rings. The maximum absolute atomic E-state index is 12.4. The molecule has 0 aromatic carbocycles. The number of hydrogen-bond acceptors (Lipinski definition) is 4. The third-order valence-corrected chi connectivity index (χ3v) is 2.96. The van der Waals surface area contributed by atoms with Crippen molar-refractivity contribution in [2.45, 2.75) is 18.5 Å². The quantitative estimate of drug-likeness (QED) is 0.645. The van der Waals surface area contributed by atoms with Crippen LogP contribution in [0.15, 0.2) is 11.6 Å². The molecule has 2 aromatic heterocycles. The van der Waals surface area contributed by atoms with E-state index in [2.05, 4.69) is 9.72 Å². The first-order chi connectivity index (χ1) is 9.14. The number of thiazole rings is 1. The molecule has 0 bridgehead atoms. The highest BCUT2D eigenvalue weighted by Crippen LogP contribution is 2.37. The molecule has 0 saturated carbocycles. The van der Waals surface area contributed by atoms with E-state index in [-0.39, 0.29) is 11.2 Å². The number of alkyl halides is 6. The van der Waals surface area contributed by atoms with Crippen LogP contribution in [0.1, 0.15) is 10.5 Å². The number of halogens is 6. The summed E-state index contributed by atoms with van der Waals surface area (Å²) in [5, 5.41) is 1.46. The summed E-state index contributed by atoms with van der Waals surface area (Å²) in [4.78, 5) is 14.3. The molecule has 0 unspecified atom stereocenters. The van der Waals surface area contributed by atoms with Gasteiger partial charge in [0.2, 0.25) is 5.88 Å². The van der Waals surface area contributed by atoms with E-state index in [1.807, 2.05) is 0 Å². The summed E-state index contributed by atoms with van der Waals surface area (Å²) in [6.07, 6.45) is -14.0. The monoisotopic (exact) mass is 318 g/mol. The minimum absolute atomic E-state index is 0.0465. The fraction of sp³-hybridized carbons (Fsp3) is 0.333. The van der Waals surface area contributed by atoms with Crippen LogP contribution in [-0.2, 0) is 0 Å². The van der Waals surface area contributed by atoms with Crippen LogP contribution in [0.25, 0.3) is 4.96 Å². The SMILES string of the molecule is O=Cc1c(OC(C(F)(F)F)C(F)(F)F)nc2sccn12. The van der Waals surface area contributed by atoms with Crippen LogP contribution < -0.4 is 4.74 Å². The molecule has 2 heterocycles. The number of imidazole rings is 1. The fourth-order valence-corrected chi connectivity index (χ4v) is 2.12. The van der Waals surface area contributed by atoms with E-state index in [9.17, 15) is 31.1 Å². The normalized spacial score (nSPS) is 13.2. The summed E-state index contributed by atoms with van der Waals surface area (Å²) in [7, 11) is 0. The Hall–Kier alpha value is -1.78. The van der Waals surface area contributed by atoms with Gasteiger partial charge in [0.05, 0.1) is 0 Å². The standard InChI is InChI=1S/C9H4F6N2O2S/c10-8(11,12)6(9(13,14)15)19-5-4(3-18)17-1-2-20-7(17)16-5/h1-3,6H. The molecule has 0 atom stereocenters. The topological polar surface area (TPSA) is 43.6 Å². The van der Waals surface area contributed by atoms with Crippen molar-refractivity contribution in [1.82, 2.24) is 9.38 Å². The molecule has 0 spiro atoms. The second-order valence-corrected chi connectivity index (χ2v) is 4.43. The summed E-state index contributed by atoms with van der Waals surface area (Å²) in [5.41, 5.74) is -0.514. The van der Waals surface area contributed by atoms with Gasteiger partial charge in [-0.25, -0.2) is 0 Å². The molecular weight excluding hydrogens is 314 g/mol. The lowest BCUT2D eigenvalue weighted by Gasteiger charge is -2.22. The Balaban J connectivity index is 2.43. The number of ether oxygens (including phenoxy) is 1. The van der Waals surface area contributed by atoms with Crippen LogP contribution in [0.4, 0.5) is 26.3 Å². The molecule has 0 fully saturated rings. The van der Waals surface area contributed by atoms with Crippen molar-refractivity contribution in [1.29, 1.82) is 0 Å². The van der Waals surface area contributed by atoms with Gasteiger partial charge in [0.1, 0.15) is 0 Å². The van der Waals surface area contributed by atoms with Crippen LogP contribution in [-0.4, -0.2) is 34.1 Å². The van der Waals surface area contributed by atoms with Crippen molar-refractivity contribution in [3.63, 3.8) is 0 Å². The highest BCUT2D eigenvalue weighted by molar-refractivity contribution is 7.15. The smallest absolute Gasteiger partial charge is 0.434 e. The van der Waals surface area contributed by atoms with Gasteiger partial charge in [0, 0.05) is 11.6 Å². The van der Waals surface area contributed by atoms with E-state index in [1.165, 1.54) is 11.6 Å². The first-order valence-corrected chi connectivity index (χ1v) is 5.73. The Morgan fingerprint density at radius 3 is 2.35 bits per heavy atom. The maximum Gasteiger partial charge on any atom is 0.434 e. The Bertz CT molecular complexity index is 614. The molecule has 110 valence electrons. The van der Waals surface area contributed by atoms with Crippen LogP contribution in [0, 0.1) is 0 Å². The van der Waals surface area contributed by atoms with Crippen molar-refractivity contribution < 1.29 is 35.9 Å². The van der Waals surface area contributed by atoms with E-state index >= 15 is 0 Å². The Kier molecular flexibility index (Phi) is 3.40. The van der Waals surface area contributed by atoms with Gasteiger partial charge in [-0.2, -0.15) is 31.3 Å². The van der Waals surface area contributed by atoms with E-state index in [4.69, 9.17) is 0 Å². The average Bonchev–Trinajstić information content (AvgIpc) is 2.81. The van der Waals surface area contributed by atoms with Crippen molar-refractivity contribution in [3.8, 4) is 5.88 Å². The molecule has 2 aromatic rings. The van der Waals surface area contributed by atoms with Gasteiger partial charge < -0.3 is 4.74 Å². The van der Waals surface area contributed by atoms with E-state index in [0.717, 1.165) is 15.7 Å². The summed E-state index contributed by atoms with van der Waals surface area (Å²) < 4.78 is 79.1. The number of rotatable bonds is 3. The van der Waals surface area contributed by atoms with E-state index in [0.29, 0.717) is 0 Å². The van der Waals surface area contributed by atoms with E-state index in [1.54, 1.807) is 0 Å². The number of nitrogens with zero attached hydrogens (tertiary/aromatic N) is 2. The Labute approximate surface area is 110 Å². The van der Waals surface area contributed by atoms with Gasteiger partial charge in [-0.3, -0.25) is 9.20 Å². The van der Waals surface area contributed by atoms with Crippen molar-refractivity contribution in [2.75, 3.05) is 0 Å². The minimum Gasteiger partial charge on any atom is -0.453 e. The molecule has 2 rings (SSSR count). The first kappa shape index (κ1) is 14.6. The van der Waals surface area contributed by atoms with Crippen LogP contribution in [0.3, 0.4) is 0 Å². The lowest BCUT2D eigenvalue weighted by Crippen LogP contribution is -2.46. The largest absolute Gasteiger partial charge is 0.453 e. The van der Waals surface area contributed by atoms with E-state index < -0.39 is 30.0 Å². The highest BCUT2D eigenvalue weighted by atomic mass is 32.1.